The van der Waals surface area contributed by atoms with Gasteiger partial charge in [0.05, 0.1) is 0 Å². The highest BCUT2D eigenvalue weighted by Crippen LogP contribution is 2.32. The topological polar surface area (TPSA) is 26.3 Å². The van der Waals surface area contributed by atoms with Crippen LogP contribution >= 0.6 is 0 Å². The van der Waals surface area contributed by atoms with Crippen molar-refractivity contribution in [3.63, 3.8) is 0 Å². The van der Waals surface area contributed by atoms with Crippen molar-refractivity contribution < 1.29 is 9.53 Å². The third kappa shape index (κ3) is 1.62. The minimum Gasteiger partial charge on any atom is -0.458 e. The van der Waals surface area contributed by atoms with E-state index in [0.717, 1.165) is 0 Å². The molecule has 0 saturated carbocycles. The van der Waals surface area contributed by atoms with Gasteiger partial charge in [-0.15, -0.1) is 0 Å². The lowest BCUT2D eigenvalue weighted by Gasteiger charge is -2.24. The van der Waals surface area contributed by atoms with E-state index in [9.17, 15) is 4.79 Å². The lowest BCUT2D eigenvalue weighted by molar-refractivity contribution is -0.142. The maximum Gasteiger partial charge on any atom is 0.333 e. The van der Waals surface area contributed by atoms with E-state index in [2.05, 4.69) is 27.4 Å². The van der Waals surface area contributed by atoms with E-state index in [-0.39, 0.29) is 17.5 Å². The van der Waals surface area contributed by atoms with Crippen LogP contribution in [0.3, 0.4) is 0 Å². The standard InChI is InChI=1S/C9H14O2/c1-6-5-7(9(2,3)4)11-8(6)10/h7H,1,5H2,2-4H3/t7-/m0/s1. The average Bonchev–Trinajstić information content (AvgIpc) is 2.11. The van der Waals surface area contributed by atoms with Gasteiger partial charge in [0.1, 0.15) is 6.10 Å². The highest BCUT2D eigenvalue weighted by atomic mass is 16.6. The Bertz CT molecular complexity index is 182. The van der Waals surface area contributed by atoms with Gasteiger partial charge in [-0.2, -0.15) is 0 Å². The number of carbonyl (C=O) groups excluding carboxylic acids is 1. The first-order valence-corrected chi connectivity index (χ1v) is 3.80. The van der Waals surface area contributed by atoms with Gasteiger partial charge in [-0.05, 0) is 5.41 Å². The number of hydrogen-bond donors (Lipinski definition) is 0. The van der Waals surface area contributed by atoms with E-state index in [1.54, 1.807) is 0 Å². The minimum atomic E-state index is -0.232. The number of hydrogen-bond acceptors (Lipinski definition) is 2. The van der Waals surface area contributed by atoms with Gasteiger partial charge in [0.2, 0.25) is 0 Å². The molecule has 1 heterocycles. The van der Waals surface area contributed by atoms with Gasteiger partial charge in [-0.25, -0.2) is 4.79 Å². The number of carbonyl (C=O) groups is 1. The van der Waals surface area contributed by atoms with E-state index in [1.165, 1.54) is 0 Å². The van der Waals surface area contributed by atoms with Crippen LogP contribution in [0.1, 0.15) is 27.2 Å². The molecule has 0 aromatic rings. The van der Waals surface area contributed by atoms with Crippen LogP contribution < -0.4 is 0 Å². The molecule has 62 valence electrons. The van der Waals surface area contributed by atoms with E-state index >= 15 is 0 Å². The van der Waals surface area contributed by atoms with Crippen LogP contribution in [0.4, 0.5) is 0 Å². The number of esters is 1. The molecule has 1 saturated heterocycles. The number of cyclic esters (lactones) is 1. The van der Waals surface area contributed by atoms with Crippen LogP contribution in [0.15, 0.2) is 12.2 Å². The molecule has 2 heteroatoms. The third-order valence-electron chi connectivity index (χ3n) is 1.94. The Hall–Kier alpha value is -0.790. The lowest BCUT2D eigenvalue weighted by Crippen LogP contribution is -2.25. The Morgan fingerprint density at radius 1 is 1.55 bits per heavy atom. The molecule has 0 amide bonds. The molecule has 1 aliphatic heterocycles. The molecule has 11 heavy (non-hydrogen) atoms. The number of ether oxygens (including phenoxy) is 1. The monoisotopic (exact) mass is 154 g/mol. The van der Waals surface area contributed by atoms with Crippen molar-refractivity contribution in [1.82, 2.24) is 0 Å². The van der Waals surface area contributed by atoms with Crippen molar-refractivity contribution in [2.24, 2.45) is 5.41 Å². The summed E-state index contributed by atoms with van der Waals surface area (Å²) in [5, 5.41) is 0. The second-order valence-electron chi connectivity index (χ2n) is 4.07. The first kappa shape index (κ1) is 8.31. The van der Waals surface area contributed by atoms with Crippen molar-refractivity contribution in [2.45, 2.75) is 33.3 Å². The summed E-state index contributed by atoms with van der Waals surface area (Å²) in [4.78, 5) is 10.9. The molecule has 2 nitrogen and oxygen atoms in total. The van der Waals surface area contributed by atoms with Crippen LogP contribution in [-0.2, 0) is 9.53 Å². The Balaban J connectivity index is 2.68. The van der Waals surface area contributed by atoms with Crippen LogP contribution in [0.2, 0.25) is 0 Å². The van der Waals surface area contributed by atoms with Crippen molar-refractivity contribution in [3.8, 4) is 0 Å². The summed E-state index contributed by atoms with van der Waals surface area (Å²) >= 11 is 0. The highest BCUT2D eigenvalue weighted by molar-refractivity contribution is 5.89. The fraction of sp³-hybridized carbons (Fsp3) is 0.667. The van der Waals surface area contributed by atoms with E-state index in [0.29, 0.717) is 12.0 Å². The predicted octanol–water partition coefficient (Wildman–Crippen LogP) is 1.90. The molecule has 1 atom stereocenters. The zero-order chi connectivity index (χ0) is 8.65. The van der Waals surface area contributed by atoms with Crippen LogP contribution in [0.25, 0.3) is 0 Å². The van der Waals surface area contributed by atoms with Gasteiger partial charge < -0.3 is 4.74 Å². The molecule has 1 rings (SSSR count). The maximum absolute atomic E-state index is 10.9. The average molecular weight is 154 g/mol. The summed E-state index contributed by atoms with van der Waals surface area (Å²) < 4.78 is 5.10. The largest absolute Gasteiger partial charge is 0.458 e. The van der Waals surface area contributed by atoms with E-state index < -0.39 is 0 Å². The van der Waals surface area contributed by atoms with Gasteiger partial charge in [-0.1, -0.05) is 27.4 Å². The van der Waals surface area contributed by atoms with E-state index in [1.807, 2.05) is 0 Å². The minimum absolute atomic E-state index is 0.0162. The highest BCUT2D eigenvalue weighted by Gasteiger charge is 2.35. The zero-order valence-corrected chi connectivity index (χ0v) is 7.31. The summed E-state index contributed by atoms with van der Waals surface area (Å²) in [6.45, 7) is 9.80. The second kappa shape index (κ2) is 2.36. The lowest BCUT2D eigenvalue weighted by atomic mass is 9.87. The van der Waals surface area contributed by atoms with E-state index in [4.69, 9.17) is 4.74 Å². The Morgan fingerprint density at radius 2 is 2.09 bits per heavy atom. The molecular formula is C9H14O2. The van der Waals surface area contributed by atoms with Crippen molar-refractivity contribution >= 4 is 5.97 Å². The fourth-order valence-electron chi connectivity index (χ4n) is 1.04. The molecule has 0 aromatic heterocycles. The molecule has 0 spiro atoms. The van der Waals surface area contributed by atoms with Gasteiger partial charge in [0.15, 0.2) is 0 Å². The van der Waals surface area contributed by atoms with Crippen LogP contribution in [0.5, 0.6) is 0 Å². The third-order valence-corrected chi connectivity index (χ3v) is 1.94. The SMILES string of the molecule is C=C1C[C@@H](C(C)(C)C)OC1=O. The molecule has 0 aromatic carbocycles. The molecule has 0 radical (unpaired) electrons. The van der Waals surface area contributed by atoms with Gasteiger partial charge >= 0.3 is 5.97 Å². The van der Waals surface area contributed by atoms with Crippen molar-refractivity contribution in [1.29, 1.82) is 0 Å². The van der Waals surface area contributed by atoms with Gasteiger partial charge in [0.25, 0.3) is 0 Å². The van der Waals surface area contributed by atoms with Gasteiger partial charge in [0, 0.05) is 12.0 Å². The molecule has 1 aliphatic rings. The first-order chi connectivity index (χ1) is 4.91. The molecule has 0 unspecified atom stereocenters. The van der Waals surface area contributed by atoms with Crippen molar-refractivity contribution in [2.75, 3.05) is 0 Å². The second-order valence-corrected chi connectivity index (χ2v) is 4.07. The quantitative estimate of drug-likeness (QED) is 0.393. The van der Waals surface area contributed by atoms with Crippen molar-refractivity contribution in [3.05, 3.63) is 12.2 Å². The molecule has 0 N–H and O–H groups in total. The zero-order valence-electron chi connectivity index (χ0n) is 7.31. The normalized spacial score (nSPS) is 25.5. The summed E-state index contributed by atoms with van der Waals surface area (Å²) in [5.74, 6) is -0.232. The molecule has 1 fully saturated rings. The fourth-order valence-corrected chi connectivity index (χ4v) is 1.04. The summed E-state index contributed by atoms with van der Waals surface area (Å²) in [7, 11) is 0. The Morgan fingerprint density at radius 3 is 2.27 bits per heavy atom. The smallest absolute Gasteiger partial charge is 0.333 e. The molecular weight excluding hydrogens is 140 g/mol. The predicted molar refractivity (Wildman–Crippen MR) is 43.1 cm³/mol. The Kier molecular flexibility index (Phi) is 1.78. The molecule has 0 bridgehead atoms. The first-order valence-electron chi connectivity index (χ1n) is 3.80. The van der Waals surface area contributed by atoms with Crippen LogP contribution in [-0.4, -0.2) is 12.1 Å². The van der Waals surface area contributed by atoms with Crippen LogP contribution in [0, 0.1) is 5.41 Å². The molecule has 0 aliphatic carbocycles. The summed E-state index contributed by atoms with van der Waals surface area (Å²) in [6, 6.07) is 0. The summed E-state index contributed by atoms with van der Waals surface area (Å²) in [5.41, 5.74) is 0.639. The summed E-state index contributed by atoms with van der Waals surface area (Å²) in [6.07, 6.45) is 0.699. The number of rotatable bonds is 0. The van der Waals surface area contributed by atoms with Gasteiger partial charge in [-0.3, -0.25) is 0 Å². The maximum atomic E-state index is 10.9. The Labute approximate surface area is 67.2 Å².